The van der Waals surface area contributed by atoms with Gasteiger partial charge in [-0.15, -0.1) is 11.3 Å². The van der Waals surface area contributed by atoms with Crippen LogP contribution in [0.15, 0.2) is 180 Å². The Hall–Kier alpha value is -6.16. The van der Waals surface area contributed by atoms with Gasteiger partial charge in [0.05, 0.1) is 11.4 Å². The van der Waals surface area contributed by atoms with E-state index in [1.807, 2.05) is 23.5 Å². The van der Waals surface area contributed by atoms with Crippen LogP contribution in [0.3, 0.4) is 0 Å². The Morgan fingerprint density at radius 1 is 0.408 bits per heavy atom. The Morgan fingerprint density at radius 2 is 1.04 bits per heavy atom. The fourth-order valence-electron chi connectivity index (χ4n) is 7.42. The summed E-state index contributed by atoms with van der Waals surface area (Å²) >= 11 is 1.86. The number of nitrogens with zero attached hydrogens (tertiary/aromatic N) is 1. The molecule has 230 valence electrons. The smallest absolute Gasteiger partial charge is 0.136 e. The second-order valence-corrected chi connectivity index (χ2v) is 13.6. The highest BCUT2D eigenvalue weighted by atomic mass is 32.1. The molecule has 0 aliphatic heterocycles. The largest absolute Gasteiger partial charge is 0.456 e. The quantitative estimate of drug-likeness (QED) is 0.186. The third-order valence-electron chi connectivity index (χ3n) is 9.68. The first-order chi connectivity index (χ1) is 24.3. The van der Waals surface area contributed by atoms with E-state index in [0.29, 0.717) is 0 Å². The predicted octanol–water partition coefficient (Wildman–Crippen LogP) is 13.9. The van der Waals surface area contributed by atoms with Crippen molar-refractivity contribution < 1.29 is 4.42 Å². The topological polar surface area (TPSA) is 16.4 Å². The summed E-state index contributed by atoms with van der Waals surface area (Å²) in [5, 5.41) is 7.31. The van der Waals surface area contributed by atoms with Gasteiger partial charge in [0.15, 0.2) is 0 Å². The molecule has 0 saturated heterocycles. The van der Waals surface area contributed by atoms with Crippen molar-refractivity contribution in [2.24, 2.45) is 0 Å². The van der Waals surface area contributed by atoms with Crippen LogP contribution in [-0.2, 0) is 0 Å². The van der Waals surface area contributed by atoms with Crippen LogP contribution in [0, 0.1) is 0 Å². The van der Waals surface area contributed by atoms with E-state index in [1.54, 1.807) is 0 Å². The molecule has 10 rings (SSSR count). The molecule has 0 radical (unpaired) electrons. The van der Waals surface area contributed by atoms with E-state index in [2.05, 4.69) is 169 Å². The Kier molecular flexibility index (Phi) is 6.39. The summed E-state index contributed by atoms with van der Waals surface area (Å²) in [5.41, 5.74) is 9.85. The summed E-state index contributed by atoms with van der Waals surface area (Å²) in [6.45, 7) is 0. The summed E-state index contributed by atoms with van der Waals surface area (Å²) in [5.74, 6) is 0. The molecule has 0 aliphatic carbocycles. The minimum absolute atomic E-state index is 0.894. The average Bonchev–Trinajstić information content (AvgIpc) is 3.74. The van der Waals surface area contributed by atoms with Gasteiger partial charge < -0.3 is 9.32 Å². The van der Waals surface area contributed by atoms with Crippen LogP contribution >= 0.6 is 11.3 Å². The van der Waals surface area contributed by atoms with E-state index in [1.165, 1.54) is 42.1 Å². The number of para-hydroxylation sites is 2. The summed E-state index contributed by atoms with van der Waals surface area (Å²) in [7, 11) is 0. The van der Waals surface area contributed by atoms with Crippen LogP contribution < -0.4 is 4.90 Å². The van der Waals surface area contributed by atoms with Crippen molar-refractivity contribution in [2.75, 3.05) is 4.90 Å². The maximum Gasteiger partial charge on any atom is 0.136 e. The number of fused-ring (bicyclic) bond motifs is 7. The lowest BCUT2D eigenvalue weighted by Crippen LogP contribution is -2.11. The van der Waals surface area contributed by atoms with Crippen LogP contribution in [-0.4, -0.2) is 0 Å². The number of furan rings is 1. The fraction of sp³-hybridized carbons (Fsp3) is 0. The van der Waals surface area contributed by atoms with Gasteiger partial charge in [0.2, 0.25) is 0 Å². The number of anilines is 3. The first-order valence-corrected chi connectivity index (χ1v) is 17.4. The van der Waals surface area contributed by atoms with Gasteiger partial charge in [-0.3, -0.25) is 0 Å². The number of benzene rings is 8. The van der Waals surface area contributed by atoms with Crippen LogP contribution in [0.4, 0.5) is 17.1 Å². The second-order valence-electron chi connectivity index (χ2n) is 12.5. The van der Waals surface area contributed by atoms with E-state index < -0.39 is 0 Å². The third-order valence-corrected chi connectivity index (χ3v) is 10.8. The molecule has 2 nitrogen and oxygen atoms in total. The van der Waals surface area contributed by atoms with Gasteiger partial charge in [-0.1, -0.05) is 127 Å². The molecule has 0 fully saturated rings. The van der Waals surface area contributed by atoms with Crippen molar-refractivity contribution in [3.8, 4) is 22.3 Å². The van der Waals surface area contributed by atoms with Crippen LogP contribution in [0.25, 0.3) is 75.1 Å². The molecule has 8 aromatic carbocycles. The zero-order valence-corrected chi connectivity index (χ0v) is 27.3. The number of thiophene rings is 1. The molecule has 0 atom stereocenters. The number of rotatable bonds is 5. The van der Waals surface area contributed by atoms with Gasteiger partial charge in [-0.2, -0.15) is 0 Å². The van der Waals surface area contributed by atoms with E-state index in [-0.39, 0.29) is 0 Å². The zero-order valence-electron chi connectivity index (χ0n) is 26.5. The molecule has 2 aromatic heterocycles. The number of hydrogen-bond acceptors (Lipinski definition) is 3. The van der Waals surface area contributed by atoms with Crippen molar-refractivity contribution in [1.29, 1.82) is 0 Å². The number of hydrogen-bond donors (Lipinski definition) is 0. The average molecular weight is 644 g/mol. The van der Waals surface area contributed by atoms with Crippen LogP contribution in [0.5, 0.6) is 0 Å². The van der Waals surface area contributed by atoms with Crippen molar-refractivity contribution in [3.63, 3.8) is 0 Å². The lowest BCUT2D eigenvalue weighted by atomic mass is 9.96. The summed E-state index contributed by atoms with van der Waals surface area (Å²) in [6.07, 6.45) is 0. The van der Waals surface area contributed by atoms with Crippen LogP contribution in [0.2, 0.25) is 0 Å². The minimum Gasteiger partial charge on any atom is -0.456 e. The lowest BCUT2D eigenvalue weighted by Gasteiger charge is -2.29. The molecular weight excluding hydrogens is 615 g/mol. The maximum absolute atomic E-state index is 6.33. The van der Waals surface area contributed by atoms with Crippen molar-refractivity contribution >= 4 is 81.3 Å². The molecule has 0 unspecified atom stereocenters. The molecule has 0 amide bonds. The van der Waals surface area contributed by atoms with Gasteiger partial charge in [0.1, 0.15) is 11.2 Å². The van der Waals surface area contributed by atoms with E-state index in [9.17, 15) is 0 Å². The van der Waals surface area contributed by atoms with Crippen molar-refractivity contribution in [1.82, 2.24) is 0 Å². The highest BCUT2D eigenvalue weighted by Gasteiger charge is 2.21. The van der Waals surface area contributed by atoms with Crippen molar-refractivity contribution in [2.45, 2.75) is 0 Å². The SMILES string of the molecule is c1ccc(N(c2ccc(-c3ccc4c(c3)sc3ccccc34)cc2)c2cccc3ccccc23)c(-c2cccc3oc4ccccc4c23)c1. The Morgan fingerprint density at radius 3 is 1.96 bits per heavy atom. The highest BCUT2D eigenvalue weighted by Crippen LogP contribution is 2.46. The maximum atomic E-state index is 6.33. The Balaban J connectivity index is 1.16. The molecular formula is C46H29NOS. The summed E-state index contributed by atoms with van der Waals surface area (Å²) in [4.78, 5) is 2.41. The third kappa shape index (κ3) is 4.55. The van der Waals surface area contributed by atoms with E-state index >= 15 is 0 Å². The molecule has 3 heteroatoms. The molecule has 49 heavy (non-hydrogen) atoms. The monoisotopic (exact) mass is 643 g/mol. The molecule has 2 heterocycles. The second kappa shape index (κ2) is 11.2. The highest BCUT2D eigenvalue weighted by molar-refractivity contribution is 7.25. The molecule has 0 N–H and O–H groups in total. The molecule has 0 bridgehead atoms. The Bertz CT molecular complexity index is 2840. The first kappa shape index (κ1) is 27.9. The van der Waals surface area contributed by atoms with Crippen molar-refractivity contribution in [3.05, 3.63) is 176 Å². The van der Waals surface area contributed by atoms with E-state index in [0.717, 1.165) is 50.1 Å². The van der Waals surface area contributed by atoms with Gasteiger partial charge in [0.25, 0.3) is 0 Å². The standard InChI is InChI=1S/C46H29NOS/c1-2-13-34-31(11-1)12-9-19-40(34)47(33-26-23-30(24-27-33)32-25-28-37-36-15-5-8-22-44(36)49-45(37)29-32)41-18-6-3-14-35(41)38-17-10-21-43-46(38)39-16-4-7-20-42(39)48-43/h1-29H. The first-order valence-electron chi connectivity index (χ1n) is 16.6. The lowest BCUT2D eigenvalue weighted by molar-refractivity contribution is 0.669. The van der Waals surface area contributed by atoms with Crippen LogP contribution in [0.1, 0.15) is 0 Å². The Labute approximate surface area is 287 Å². The summed E-state index contributed by atoms with van der Waals surface area (Å²) in [6, 6.07) is 63.3. The van der Waals surface area contributed by atoms with E-state index in [4.69, 9.17) is 4.42 Å². The predicted molar refractivity (Wildman–Crippen MR) is 210 cm³/mol. The normalized spacial score (nSPS) is 11.7. The van der Waals surface area contributed by atoms with Gasteiger partial charge in [0, 0.05) is 47.6 Å². The molecule has 0 spiro atoms. The molecule has 0 saturated carbocycles. The minimum atomic E-state index is 0.894. The van der Waals surface area contributed by atoms with Gasteiger partial charge in [-0.05, 0) is 70.6 Å². The van der Waals surface area contributed by atoms with Gasteiger partial charge in [-0.25, -0.2) is 0 Å². The fourth-order valence-corrected chi connectivity index (χ4v) is 8.56. The molecule has 0 aliphatic rings. The van der Waals surface area contributed by atoms with Gasteiger partial charge >= 0.3 is 0 Å². The summed E-state index contributed by atoms with van der Waals surface area (Å²) < 4.78 is 8.97. The zero-order chi connectivity index (χ0) is 32.3. The molecule has 10 aromatic rings.